The average Bonchev–Trinajstić information content (AvgIpc) is 2.96. The quantitative estimate of drug-likeness (QED) is 0.518. The monoisotopic (exact) mass is 357 g/mol. The van der Waals surface area contributed by atoms with Crippen molar-refractivity contribution in [2.45, 2.75) is 5.16 Å². The van der Waals surface area contributed by atoms with Gasteiger partial charge in [-0.2, -0.15) is 0 Å². The summed E-state index contributed by atoms with van der Waals surface area (Å²) in [5.41, 5.74) is 0.675. The molecule has 0 saturated carbocycles. The highest BCUT2D eigenvalue weighted by molar-refractivity contribution is 7.99. The number of thioether (sulfide) groups is 1. The maximum Gasteiger partial charge on any atom is 0.193 e. The van der Waals surface area contributed by atoms with E-state index in [0.717, 1.165) is 10.9 Å². The van der Waals surface area contributed by atoms with Gasteiger partial charge in [0.25, 0.3) is 0 Å². The molecule has 1 aromatic carbocycles. The largest absolute Gasteiger partial charge is 0.493 e. The van der Waals surface area contributed by atoms with Crippen molar-refractivity contribution < 1.29 is 13.7 Å². The Balaban J connectivity index is 1.77. The molecule has 10 heteroatoms. The number of nitrogens with one attached hydrogen (secondary N) is 2. The number of aromatic nitrogens is 3. The van der Waals surface area contributed by atoms with Crippen LogP contribution in [0.4, 0.5) is 5.69 Å². The highest BCUT2D eigenvalue weighted by Gasteiger charge is 2.07. The van der Waals surface area contributed by atoms with E-state index in [1.165, 1.54) is 0 Å². The summed E-state index contributed by atoms with van der Waals surface area (Å²) in [5.74, 6) is 1.93. The van der Waals surface area contributed by atoms with Crippen molar-refractivity contribution in [3.8, 4) is 11.5 Å². The third-order valence-corrected chi connectivity index (χ3v) is 4.75. The summed E-state index contributed by atoms with van der Waals surface area (Å²) in [6, 6.07) is 5.25. The molecule has 0 aliphatic rings. The van der Waals surface area contributed by atoms with Crippen LogP contribution >= 0.6 is 11.8 Å². The van der Waals surface area contributed by atoms with Crippen LogP contribution in [-0.2, 0) is 18.2 Å². The topological polar surface area (TPSA) is 90.3 Å². The number of benzene rings is 1. The maximum absolute atomic E-state index is 12.0. The minimum Gasteiger partial charge on any atom is -0.493 e. The molecule has 1 unspecified atom stereocenters. The zero-order valence-corrected chi connectivity index (χ0v) is 14.7. The van der Waals surface area contributed by atoms with Crippen molar-refractivity contribution in [1.82, 2.24) is 19.5 Å². The summed E-state index contributed by atoms with van der Waals surface area (Å²) in [7, 11) is 5.01. The Labute approximate surface area is 141 Å². The van der Waals surface area contributed by atoms with Gasteiger partial charge in [0.05, 0.1) is 19.9 Å². The molecule has 1 aromatic heterocycles. The van der Waals surface area contributed by atoms with Gasteiger partial charge in [-0.05, 0) is 12.1 Å². The molecule has 0 amide bonds. The molecule has 1 heterocycles. The van der Waals surface area contributed by atoms with Gasteiger partial charge in [-0.15, -0.1) is 10.2 Å². The molecule has 1 atom stereocenters. The van der Waals surface area contributed by atoms with Crippen LogP contribution in [0.15, 0.2) is 29.7 Å². The van der Waals surface area contributed by atoms with Crippen LogP contribution in [-0.4, -0.2) is 45.5 Å². The van der Waals surface area contributed by atoms with Gasteiger partial charge in [-0.3, -0.25) is 4.72 Å². The van der Waals surface area contributed by atoms with Crippen molar-refractivity contribution in [3.63, 3.8) is 0 Å². The highest BCUT2D eigenvalue weighted by Crippen LogP contribution is 2.29. The van der Waals surface area contributed by atoms with Gasteiger partial charge in [0.15, 0.2) is 27.8 Å². The van der Waals surface area contributed by atoms with E-state index < -0.39 is 11.2 Å². The molecular weight excluding hydrogens is 338 g/mol. The zero-order chi connectivity index (χ0) is 16.7. The number of hydrogen-bond acceptors (Lipinski definition) is 6. The third kappa shape index (κ3) is 5.12. The highest BCUT2D eigenvalue weighted by atomic mass is 32.2. The van der Waals surface area contributed by atoms with Gasteiger partial charge in [0.1, 0.15) is 6.33 Å². The molecule has 8 nitrogen and oxygen atoms in total. The molecule has 0 saturated heterocycles. The van der Waals surface area contributed by atoms with Gasteiger partial charge in [-0.25, -0.2) is 8.93 Å². The van der Waals surface area contributed by atoms with Gasteiger partial charge in [0, 0.05) is 25.4 Å². The number of anilines is 1. The Hall–Kier alpha value is -1.78. The fourth-order valence-corrected chi connectivity index (χ4v) is 3.30. The second-order valence-electron chi connectivity index (χ2n) is 4.41. The standard InChI is InChI=1S/C13H19N5O3S2/c1-18-9-14-16-13(18)22-7-6-15-23(19)17-10-4-5-11(20-2)12(8-10)21-3/h4-5,8-9,15,17H,6-7H2,1-3H3. The van der Waals surface area contributed by atoms with Crippen LogP contribution in [0.1, 0.15) is 0 Å². The van der Waals surface area contributed by atoms with Crippen LogP contribution in [0, 0.1) is 0 Å². The molecule has 0 fully saturated rings. The molecule has 23 heavy (non-hydrogen) atoms. The number of methoxy groups -OCH3 is 2. The summed E-state index contributed by atoms with van der Waals surface area (Å²) in [6.07, 6.45) is 1.65. The number of rotatable bonds is 9. The lowest BCUT2D eigenvalue weighted by atomic mass is 10.3. The fraction of sp³-hybridized carbons (Fsp3) is 0.385. The van der Waals surface area contributed by atoms with Crippen molar-refractivity contribution >= 4 is 28.6 Å². The van der Waals surface area contributed by atoms with Crippen LogP contribution in [0.5, 0.6) is 11.5 Å². The first kappa shape index (κ1) is 17.6. The van der Waals surface area contributed by atoms with Crippen LogP contribution in [0.2, 0.25) is 0 Å². The van der Waals surface area contributed by atoms with E-state index in [4.69, 9.17) is 9.47 Å². The Bertz CT molecular complexity index is 665. The second-order valence-corrected chi connectivity index (χ2v) is 6.50. The van der Waals surface area contributed by atoms with Gasteiger partial charge in [0.2, 0.25) is 0 Å². The van der Waals surface area contributed by atoms with E-state index in [1.807, 2.05) is 11.6 Å². The smallest absolute Gasteiger partial charge is 0.193 e. The predicted molar refractivity (Wildman–Crippen MR) is 91.0 cm³/mol. The Kier molecular flexibility index (Phi) is 6.68. The van der Waals surface area contributed by atoms with E-state index in [1.54, 1.807) is 50.5 Å². The van der Waals surface area contributed by atoms with Gasteiger partial charge >= 0.3 is 0 Å². The van der Waals surface area contributed by atoms with Crippen molar-refractivity contribution in [1.29, 1.82) is 0 Å². The normalized spacial score (nSPS) is 12.0. The maximum atomic E-state index is 12.0. The van der Waals surface area contributed by atoms with Crippen molar-refractivity contribution in [2.75, 3.05) is 31.2 Å². The predicted octanol–water partition coefficient (Wildman–Crippen LogP) is 1.20. The van der Waals surface area contributed by atoms with Crippen LogP contribution in [0.25, 0.3) is 0 Å². The summed E-state index contributed by atoms with van der Waals surface area (Å²) in [4.78, 5) is 0. The first-order chi connectivity index (χ1) is 11.1. The zero-order valence-electron chi connectivity index (χ0n) is 13.1. The van der Waals surface area contributed by atoms with Crippen LogP contribution in [0.3, 0.4) is 0 Å². The molecule has 2 rings (SSSR count). The van der Waals surface area contributed by atoms with Crippen molar-refractivity contribution in [2.24, 2.45) is 7.05 Å². The van der Waals surface area contributed by atoms with Crippen LogP contribution < -0.4 is 18.9 Å². The van der Waals surface area contributed by atoms with E-state index >= 15 is 0 Å². The summed E-state index contributed by atoms with van der Waals surface area (Å²) in [5, 5.41) is 8.59. The lowest BCUT2D eigenvalue weighted by Gasteiger charge is -2.11. The number of nitrogens with zero attached hydrogens (tertiary/aromatic N) is 3. The molecule has 0 aliphatic heterocycles. The molecule has 2 N–H and O–H groups in total. The van der Waals surface area contributed by atoms with Crippen molar-refractivity contribution in [3.05, 3.63) is 24.5 Å². The second kappa shape index (κ2) is 8.75. The first-order valence-corrected chi connectivity index (χ1v) is 8.88. The molecule has 2 aromatic rings. The Morgan fingerprint density at radius 2 is 2.09 bits per heavy atom. The molecule has 0 spiro atoms. The van der Waals surface area contributed by atoms with E-state index in [2.05, 4.69) is 19.6 Å². The Morgan fingerprint density at radius 3 is 2.74 bits per heavy atom. The SMILES string of the molecule is COc1ccc(NS(=O)NCCSc2nncn2C)cc1OC. The molecule has 0 aliphatic carbocycles. The number of hydrogen-bond donors (Lipinski definition) is 2. The first-order valence-electron chi connectivity index (χ1n) is 6.74. The number of aryl methyl sites for hydroxylation is 1. The number of ether oxygens (including phenoxy) is 2. The van der Waals surface area contributed by atoms with E-state index in [-0.39, 0.29) is 0 Å². The molecule has 0 radical (unpaired) electrons. The van der Waals surface area contributed by atoms with E-state index in [0.29, 0.717) is 23.7 Å². The van der Waals surface area contributed by atoms with Gasteiger partial charge < -0.3 is 14.0 Å². The Morgan fingerprint density at radius 1 is 1.30 bits per heavy atom. The lowest BCUT2D eigenvalue weighted by Crippen LogP contribution is -2.25. The minimum absolute atomic E-state index is 0.560. The average molecular weight is 357 g/mol. The minimum atomic E-state index is -1.40. The van der Waals surface area contributed by atoms with Gasteiger partial charge in [-0.1, -0.05) is 11.8 Å². The molecule has 126 valence electrons. The summed E-state index contributed by atoms with van der Waals surface area (Å²) in [6.45, 7) is 0.560. The lowest BCUT2D eigenvalue weighted by molar-refractivity contribution is 0.355. The summed E-state index contributed by atoms with van der Waals surface area (Å²) >= 11 is 0.145. The summed E-state index contributed by atoms with van der Waals surface area (Å²) < 4.78 is 29.9. The molecule has 0 bridgehead atoms. The fourth-order valence-electron chi connectivity index (χ4n) is 1.72. The molecular formula is C13H19N5O3S2. The third-order valence-electron chi connectivity index (χ3n) is 2.83. The van der Waals surface area contributed by atoms with E-state index in [9.17, 15) is 4.21 Å².